The van der Waals surface area contributed by atoms with Gasteiger partial charge < -0.3 is 14.2 Å². The summed E-state index contributed by atoms with van der Waals surface area (Å²) in [5.74, 6) is 1.98. The molecule has 0 saturated heterocycles. The molecule has 0 spiro atoms. The van der Waals surface area contributed by atoms with E-state index in [1.54, 1.807) is 39.5 Å². The second-order valence-corrected chi connectivity index (χ2v) is 5.41. The number of aryl methyl sites for hydroxylation is 1. The largest absolute Gasteiger partial charge is 0.496 e. The predicted octanol–water partition coefficient (Wildman–Crippen LogP) is 4.32. The molecule has 0 bridgehead atoms. The molecule has 130 valence electrons. The molecule has 0 atom stereocenters. The van der Waals surface area contributed by atoms with E-state index in [0.29, 0.717) is 11.5 Å². The van der Waals surface area contributed by atoms with Crippen molar-refractivity contribution in [3.05, 3.63) is 65.2 Å². The number of ketones is 1. The van der Waals surface area contributed by atoms with Crippen molar-refractivity contribution in [1.82, 2.24) is 0 Å². The van der Waals surface area contributed by atoms with Gasteiger partial charge in [-0.1, -0.05) is 30.4 Å². The number of methoxy groups -OCH3 is 3. The average molecular weight is 338 g/mol. The van der Waals surface area contributed by atoms with Gasteiger partial charge in [0.05, 0.1) is 21.3 Å². The number of carbonyl (C=O) groups excluding carboxylic acids is 1. The third-order valence-electron chi connectivity index (χ3n) is 3.72. The second-order valence-electron chi connectivity index (χ2n) is 5.41. The molecule has 25 heavy (non-hydrogen) atoms. The maximum Gasteiger partial charge on any atom is 0.178 e. The summed E-state index contributed by atoms with van der Waals surface area (Å²) in [5.41, 5.74) is 2.83. The maximum absolute atomic E-state index is 12.0. The molecule has 0 unspecified atom stereocenters. The van der Waals surface area contributed by atoms with Crippen LogP contribution in [0.1, 0.15) is 16.7 Å². The molecule has 4 nitrogen and oxygen atoms in total. The van der Waals surface area contributed by atoms with Crippen LogP contribution in [0.5, 0.6) is 17.2 Å². The lowest BCUT2D eigenvalue weighted by atomic mass is 10.1. The highest BCUT2D eigenvalue weighted by atomic mass is 16.5. The fraction of sp³-hybridized carbons (Fsp3) is 0.190. The molecule has 2 aromatic carbocycles. The Hall–Kier alpha value is -3.01. The number of hydrogen-bond acceptors (Lipinski definition) is 4. The zero-order chi connectivity index (χ0) is 18.2. The molecule has 2 aromatic rings. The third kappa shape index (κ3) is 4.98. The normalized spacial score (nSPS) is 11.0. The molecule has 0 aliphatic heterocycles. The first-order valence-electron chi connectivity index (χ1n) is 7.84. The average Bonchev–Trinajstić information content (AvgIpc) is 2.65. The van der Waals surface area contributed by atoms with Crippen LogP contribution in [0, 0.1) is 6.92 Å². The number of benzene rings is 2. The fourth-order valence-corrected chi connectivity index (χ4v) is 2.31. The molecule has 0 fully saturated rings. The Labute approximate surface area is 148 Å². The van der Waals surface area contributed by atoms with E-state index >= 15 is 0 Å². The van der Waals surface area contributed by atoms with E-state index in [1.807, 2.05) is 37.3 Å². The molecule has 0 N–H and O–H groups in total. The molecular formula is C21H22O4. The molecule has 0 aromatic heterocycles. The Morgan fingerprint density at radius 1 is 0.760 bits per heavy atom. The van der Waals surface area contributed by atoms with Crippen LogP contribution in [-0.2, 0) is 4.79 Å². The van der Waals surface area contributed by atoms with Crippen molar-refractivity contribution in [2.45, 2.75) is 6.92 Å². The minimum Gasteiger partial charge on any atom is -0.496 e. The van der Waals surface area contributed by atoms with Crippen molar-refractivity contribution >= 4 is 17.9 Å². The van der Waals surface area contributed by atoms with E-state index in [1.165, 1.54) is 12.2 Å². The number of rotatable bonds is 7. The van der Waals surface area contributed by atoms with Gasteiger partial charge in [-0.15, -0.1) is 0 Å². The lowest BCUT2D eigenvalue weighted by molar-refractivity contribution is -0.110. The topological polar surface area (TPSA) is 44.8 Å². The van der Waals surface area contributed by atoms with Crippen LogP contribution in [0.3, 0.4) is 0 Å². The van der Waals surface area contributed by atoms with E-state index in [0.717, 1.165) is 22.4 Å². The molecule has 4 heteroatoms. The lowest BCUT2D eigenvalue weighted by Gasteiger charge is -2.07. The van der Waals surface area contributed by atoms with Crippen molar-refractivity contribution in [2.24, 2.45) is 0 Å². The summed E-state index contributed by atoms with van der Waals surface area (Å²) in [6.45, 7) is 1.98. The highest BCUT2D eigenvalue weighted by Gasteiger charge is 2.03. The standard InChI is InChI=1S/C21H22O4/c1-15-5-6-16(13-20(15)24-3)7-10-18(22)11-8-17-9-12-19(23-2)21(14-17)25-4/h5-14H,1-4H3. The first-order valence-corrected chi connectivity index (χ1v) is 7.84. The van der Waals surface area contributed by atoms with Crippen molar-refractivity contribution in [2.75, 3.05) is 21.3 Å². The quantitative estimate of drug-likeness (QED) is 0.706. The van der Waals surface area contributed by atoms with Crippen LogP contribution in [0.25, 0.3) is 12.2 Å². The molecule has 0 amide bonds. The summed E-state index contributed by atoms with van der Waals surface area (Å²) in [6.07, 6.45) is 6.55. The van der Waals surface area contributed by atoms with Crippen LogP contribution < -0.4 is 14.2 Å². The zero-order valence-corrected chi connectivity index (χ0v) is 14.9. The number of hydrogen-bond donors (Lipinski definition) is 0. The van der Waals surface area contributed by atoms with Crippen molar-refractivity contribution in [3.63, 3.8) is 0 Å². The van der Waals surface area contributed by atoms with Crippen LogP contribution in [0.2, 0.25) is 0 Å². The van der Waals surface area contributed by atoms with Gasteiger partial charge in [0, 0.05) is 0 Å². The lowest BCUT2D eigenvalue weighted by Crippen LogP contribution is -1.91. The smallest absolute Gasteiger partial charge is 0.178 e. The van der Waals surface area contributed by atoms with Gasteiger partial charge in [0.25, 0.3) is 0 Å². The van der Waals surface area contributed by atoms with E-state index in [2.05, 4.69) is 0 Å². The molecule has 0 saturated carbocycles. The Balaban J connectivity index is 2.08. The summed E-state index contributed by atoms with van der Waals surface area (Å²) in [6, 6.07) is 11.3. The van der Waals surface area contributed by atoms with Crippen molar-refractivity contribution in [1.29, 1.82) is 0 Å². The van der Waals surface area contributed by atoms with Crippen LogP contribution in [0.4, 0.5) is 0 Å². The zero-order valence-electron chi connectivity index (χ0n) is 14.9. The third-order valence-corrected chi connectivity index (χ3v) is 3.72. The molecule has 0 aliphatic rings. The van der Waals surface area contributed by atoms with Crippen LogP contribution >= 0.6 is 0 Å². The van der Waals surface area contributed by atoms with E-state index in [-0.39, 0.29) is 5.78 Å². The molecular weight excluding hydrogens is 316 g/mol. The Morgan fingerprint density at radius 3 is 1.84 bits per heavy atom. The van der Waals surface area contributed by atoms with Crippen molar-refractivity contribution in [3.8, 4) is 17.2 Å². The molecule has 0 aliphatic carbocycles. The summed E-state index contributed by atoms with van der Waals surface area (Å²) in [7, 11) is 4.80. The van der Waals surface area contributed by atoms with Crippen LogP contribution in [-0.4, -0.2) is 27.1 Å². The second kappa shape index (κ2) is 8.73. The van der Waals surface area contributed by atoms with Gasteiger partial charge >= 0.3 is 0 Å². The minimum atomic E-state index is -0.102. The maximum atomic E-state index is 12.0. The highest BCUT2D eigenvalue weighted by Crippen LogP contribution is 2.28. The number of ether oxygens (including phenoxy) is 3. The predicted molar refractivity (Wildman–Crippen MR) is 100 cm³/mol. The van der Waals surface area contributed by atoms with Gasteiger partial charge in [0.15, 0.2) is 17.3 Å². The summed E-state index contributed by atoms with van der Waals surface area (Å²) < 4.78 is 15.7. The molecule has 0 radical (unpaired) electrons. The minimum absolute atomic E-state index is 0.102. The fourth-order valence-electron chi connectivity index (χ4n) is 2.31. The van der Waals surface area contributed by atoms with Gasteiger partial charge in [0.2, 0.25) is 0 Å². The van der Waals surface area contributed by atoms with E-state index < -0.39 is 0 Å². The summed E-state index contributed by atoms with van der Waals surface area (Å²) >= 11 is 0. The molecule has 0 heterocycles. The van der Waals surface area contributed by atoms with Crippen LogP contribution in [0.15, 0.2) is 48.6 Å². The Bertz CT molecular complexity index is 804. The monoisotopic (exact) mass is 338 g/mol. The Morgan fingerprint density at radius 2 is 1.28 bits per heavy atom. The van der Waals surface area contributed by atoms with Gasteiger partial charge in [-0.05, 0) is 54.0 Å². The van der Waals surface area contributed by atoms with Gasteiger partial charge in [-0.3, -0.25) is 4.79 Å². The SMILES string of the molecule is COc1cc(C=CC(=O)C=Cc2ccc(OC)c(OC)c2)ccc1C. The van der Waals surface area contributed by atoms with E-state index in [9.17, 15) is 4.79 Å². The van der Waals surface area contributed by atoms with Gasteiger partial charge in [-0.2, -0.15) is 0 Å². The molecule has 2 rings (SSSR count). The highest BCUT2D eigenvalue weighted by molar-refractivity contribution is 6.04. The first kappa shape index (κ1) is 18.3. The number of allylic oxidation sites excluding steroid dienone is 2. The summed E-state index contributed by atoms with van der Waals surface area (Å²) in [5, 5.41) is 0. The Kier molecular flexibility index (Phi) is 6.40. The summed E-state index contributed by atoms with van der Waals surface area (Å²) in [4.78, 5) is 12.0. The van der Waals surface area contributed by atoms with Crippen molar-refractivity contribution < 1.29 is 19.0 Å². The van der Waals surface area contributed by atoms with Gasteiger partial charge in [-0.25, -0.2) is 0 Å². The van der Waals surface area contributed by atoms with E-state index in [4.69, 9.17) is 14.2 Å². The first-order chi connectivity index (χ1) is 12.1. The number of carbonyl (C=O) groups is 1. The van der Waals surface area contributed by atoms with Gasteiger partial charge in [0.1, 0.15) is 5.75 Å².